The number of hydrogen-bond acceptors (Lipinski definition) is 3. The minimum absolute atomic E-state index is 0.0116. The molecule has 2 N–H and O–H groups in total. The summed E-state index contributed by atoms with van der Waals surface area (Å²) in [5, 5.41) is 18.7. The van der Waals surface area contributed by atoms with Crippen molar-refractivity contribution >= 4 is 17.6 Å². The summed E-state index contributed by atoms with van der Waals surface area (Å²) < 4.78 is 5.59. The van der Waals surface area contributed by atoms with Crippen LogP contribution in [0.4, 0.5) is 0 Å². The van der Waals surface area contributed by atoms with E-state index in [4.69, 9.17) is 21.4 Å². The maximum atomic E-state index is 11.1. The van der Waals surface area contributed by atoms with Crippen molar-refractivity contribution in [1.82, 2.24) is 0 Å². The molecule has 20 heavy (non-hydrogen) atoms. The van der Waals surface area contributed by atoms with E-state index in [0.717, 1.165) is 5.56 Å². The molecular formula is C15H13ClO4. The first-order valence-electron chi connectivity index (χ1n) is 5.92. The number of ether oxygens (including phenoxy) is 1. The van der Waals surface area contributed by atoms with Gasteiger partial charge in [0.1, 0.15) is 18.1 Å². The predicted molar refractivity (Wildman–Crippen MR) is 75.6 cm³/mol. The number of rotatable bonds is 4. The van der Waals surface area contributed by atoms with Crippen molar-refractivity contribution in [3.63, 3.8) is 0 Å². The molecule has 0 unspecified atom stereocenters. The molecule has 2 aromatic carbocycles. The van der Waals surface area contributed by atoms with Gasteiger partial charge in [-0.15, -0.1) is 0 Å². The van der Waals surface area contributed by atoms with Crippen LogP contribution in [0.2, 0.25) is 5.02 Å². The SMILES string of the molecule is Cc1cc(O)c(Cl)cc1OCc1ccccc1C(=O)O. The number of hydrogen-bond donors (Lipinski definition) is 2. The summed E-state index contributed by atoms with van der Waals surface area (Å²) in [6.07, 6.45) is 0. The Bertz CT molecular complexity index is 652. The van der Waals surface area contributed by atoms with Gasteiger partial charge in [-0.2, -0.15) is 0 Å². The third-order valence-corrected chi connectivity index (χ3v) is 3.18. The molecule has 104 valence electrons. The lowest BCUT2D eigenvalue weighted by atomic mass is 10.1. The van der Waals surface area contributed by atoms with Gasteiger partial charge < -0.3 is 14.9 Å². The second-order valence-electron chi connectivity index (χ2n) is 4.32. The number of carboxylic acid groups (broad SMARTS) is 1. The van der Waals surface area contributed by atoms with Crippen LogP contribution in [0, 0.1) is 6.92 Å². The number of halogens is 1. The first-order valence-corrected chi connectivity index (χ1v) is 6.30. The molecule has 0 spiro atoms. The highest BCUT2D eigenvalue weighted by Crippen LogP contribution is 2.31. The highest BCUT2D eigenvalue weighted by molar-refractivity contribution is 6.32. The van der Waals surface area contributed by atoms with E-state index in [1.54, 1.807) is 25.1 Å². The van der Waals surface area contributed by atoms with Gasteiger partial charge in [0.15, 0.2) is 0 Å². The van der Waals surface area contributed by atoms with Gasteiger partial charge in [0, 0.05) is 11.6 Å². The van der Waals surface area contributed by atoms with E-state index in [9.17, 15) is 9.90 Å². The smallest absolute Gasteiger partial charge is 0.336 e. The van der Waals surface area contributed by atoms with E-state index in [1.165, 1.54) is 18.2 Å². The Hall–Kier alpha value is -2.20. The lowest BCUT2D eigenvalue weighted by Crippen LogP contribution is -2.05. The van der Waals surface area contributed by atoms with Crippen LogP contribution in [-0.2, 0) is 6.61 Å². The van der Waals surface area contributed by atoms with Crippen molar-refractivity contribution in [2.45, 2.75) is 13.5 Å². The Morgan fingerprint density at radius 3 is 2.70 bits per heavy atom. The number of carbonyl (C=O) groups is 1. The molecule has 5 heteroatoms. The molecule has 0 radical (unpaired) electrons. The molecule has 2 rings (SSSR count). The fraction of sp³-hybridized carbons (Fsp3) is 0.133. The predicted octanol–water partition coefficient (Wildman–Crippen LogP) is 3.63. The number of benzene rings is 2. The van der Waals surface area contributed by atoms with Gasteiger partial charge in [-0.1, -0.05) is 29.8 Å². The number of phenols is 1. The Morgan fingerprint density at radius 2 is 2.00 bits per heavy atom. The normalized spacial score (nSPS) is 10.3. The lowest BCUT2D eigenvalue weighted by molar-refractivity contribution is 0.0694. The van der Waals surface area contributed by atoms with Crippen LogP contribution in [-0.4, -0.2) is 16.2 Å². The van der Waals surface area contributed by atoms with Gasteiger partial charge >= 0.3 is 5.97 Å². The molecule has 0 bridgehead atoms. The maximum absolute atomic E-state index is 11.1. The van der Waals surface area contributed by atoms with Gasteiger partial charge in [-0.05, 0) is 24.6 Å². The van der Waals surface area contributed by atoms with E-state index in [-0.39, 0.29) is 22.9 Å². The number of carboxylic acids is 1. The van der Waals surface area contributed by atoms with Crippen LogP contribution in [0.1, 0.15) is 21.5 Å². The Balaban J connectivity index is 2.21. The van der Waals surface area contributed by atoms with E-state index < -0.39 is 5.97 Å². The average Bonchev–Trinajstić information content (AvgIpc) is 2.41. The Morgan fingerprint density at radius 1 is 1.30 bits per heavy atom. The van der Waals surface area contributed by atoms with Crippen LogP contribution in [0.5, 0.6) is 11.5 Å². The minimum Gasteiger partial charge on any atom is -0.506 e. The number of aromatic carboxylic acids is 1. The second kappa shape index (κ2) is 5.84. The van der Waals surface area contributed by atoms with E-state index in [0.29, 0.717) is 11.3 Å². The number of phenolic OH excluding ortho intramolecular Hbond substituents is 1. The van der Waals surface area contributed by atoms with Crippen LogP contribution in [0.25, 0.3) is 0 Å². The topological polar surface area (TPSA) is 66.8 Å². The van der Waals surface area contributed by atoms with Crippen LogP contribution >= 0.6 is 11.6 Å². The van der Waals surface area contributed by atoms with E-state index in [2.05, 4.69) is 0 Å². The summed E-state index contributed by atoms with van der Waals surface area (Å²) in [5.74, 6) is -0.500. The van der Waals surface area contributed by atoms with Gasteiger partial charge in [-0.25, -0.2) is 4.79 Å². The molecular weight excluding hydrogens is 280 g/mol. The second-order valence-corrected chi connectivity index (χ2v) is 4.73. The standard InChI is InChI=1S/C15H13ClO4/c1-9-6-13(17)12(16)7-14(9)20-8-10-4-2-3-5-11(10)15(18)19/h2-7,17H,8H2,1H3,(H,18,19). The average molecular weight is 293 g/mol. The molecule has 4 nitrogen and oxygen atoms in total. The molecule has 0 saturated carbocycles. The Kier molecular flexibility index (Phi) is 4.15. The molecule has 0 heterocycles. The zero-order chi connectivity index (χ0) is 14.7. The fourth-order valence-electron chi connectivity index (χ4n) is 1.81. The van der Waals surface area contributed by atoms with E-state index in [1.807, 2.05) is 0 Å². The number of aryl methyl sites for hydroxylation is 1. The number of aromatic hydroxyl groups is 1. The quantitative estimate of drug-likeness (QED) is 0.903. The zero-order valence-corrected chi connectivity index (χ0v) is 11.5. The molecule has 2 aromatic rings. The summed E-state index contributed by atoms with van der Waals surface area (Å²) >= 11 is 5.83. The molecule has 0 atom stereocenters. The molecule has 0 aromatic heterocycles. The first-order chi connectivity index (χ1) is 9.49. The van der Waals surface area contributed by atoms with Crippen molar-refractivity contribution in [3.8, 4) is 11.5 Å². The summed E-state index contributed by atoms with van der Waals surface area (Å²) in [6.45, 7) is 1.89. The van der Waals surface area contributed by atoms with Gasteiger partial charge in [0.25, 0.3) is 0 Å². The van der Waals surface area contributed by atoms with Crippen molar-refractivity contribution < 1.29 is 19.7 Å². The summed E-state index contributed by atoms with van der Waals surface area (Å²) in [6, 6.07) is 9.65. The summed E-state index contributed by atoms with van der Waals surface area (Å²) in [7, 11) is 0. The first kappa shape index (κ1) is 14.2. The molecule has 0 saturated heterocycles. The van der Waals surface area contributed by atoms with Crippen molar-refractivity contribution in [1.29, 1.82) is 0 Å². The highest BCUT2D eigenvalue weighted by atomic mass is 35.5. The van der Waals surface area contributed by atoms with E-state index >= 15 is 0 Å². The maximum Gasteiger partial charge on any atom is 0.336 e. The zero-order valence-electron chi connectivity index (χ0n) is 10.8. The van der Waals surface area contributed by atoms with Gasteiger partial charge in [0.05, 0.1) is 10.6 Å². The summed E-state index contributed by atoms with van der Waals surface area (Å²) in [4.78, 5) is 11.1. The van der Waals surface area contributed by atoms with Crippen LogP contribution < -0.4 is 4.74 Å². The molecule has 0 aliphatic rings. The van der Waals surface area contributed by atoms with Crippen molar-refractivity contribution in [2.75, 3.05) is 0 Å². The third-order valence-electron chi connectivity index (χ3n) is 2.88. The van der Waals surface area contributed by atoms with Gasteiger partial charge in [0.2, 0.25) is 0 Å². The van der Waals surface area contributed by atoms with Crippen LogP contribution in [0.3, 0.4) is 0 Å². The van der Waals surface area contributed by atoms with Crippen molar-refractivity contribution in [3.05, 3.63) is 58.1 Å². The third kappa shape index (κ3) is 3.03. The Labute approximate surface area is 121 Å². The molecule has 0 aliphatic carbocycles. The monoisotopic (exact) mass is 292 g/mol. The lowest BCUT2D eigenvalue weighted by Gasteiger charge is -2.12. The summed E-state index contributed by atoms with van der Waals surface area (Å²) in [5.41, 5.74) is 1.50. The fourth-order valence-corrected chi connectivity index (χ4v) is 1.97. The largest absolute Gasteiger partial charge is 0.506 e. The minimum atomic E-state index is -0.996. The van der Waals surface area contributed by atoms with Gasteiger partial charge in [-0.3, -0.25) is 0 Å². The van der Waals surface area contributed by atoms with Crippen LogP contribution in [0.15, 0.2) is 36.4 Å². The molecule has 0 amide bonds. The van der Waals surface area contributed by atoms with Crippen molar-refractivity contribution in [2.24, 2.45) is 0 Å². The molecule has 0 aliphatic heterocycles. The molecule has 0 fully saturated rings. The highest BCUT2D eigenvalue weighted by Gasteiger charge is 2.11.